The molecule has 0 fully saturated rings. The van der Waals surface area contributed by atoms with Crippen LogP contribution in [0.3, 0.4) is 0 Å². The van der Waals surface area contributed by atoms with E-state index in [0.717, 1.165) is 13.0 Å². The Bertz CT molecular complexity index is 780. The van der Waals surface area contributed by atoms with Crippen molar-refractivity contribution in [3.05, 3.63) is 16.7 Å². The lowest BCUT2D eigenvalue weighted by Gasteiger charge is -2.20. The number of aromatic nitrogens is 3. The van der Waals surface area contributed by atoms with E-state index in [0.29, 0.717) is 23.4 Å². The van der Waals surface area contributed by atoms with Crippen molar-refractivity contribution >= 4 is 16.9 Å². The number of aliphatic hydroxyl groups is 1. The molecule has 0 saturated carbocycles. The van der Waals surface area contributed by atoms with Gasteiger partial charge in [0.1, 0.15) is 16.9 Å². The van der Waals surface area contributed by atoms with Gasteiger partial charge in [0.15, 0.2) is 5.75 Å². The van der Waals surface area contributed by atoms with Gasteiger partial charge in [0.05, 0.1) is 24.9 Å². The Labute approximate surface area is 147 Å². The Morgan fingerprint density at radius 3 is 2.64 bits per heavy atom. The fourth-order valence-corrected chi connectivity index (χ4v) is 2.53. The van der Waals surface area contributed by atoms with Gasteiger partial charge in [-0.05, 0) is 47.6 Å². The molecule has 0 aliphatic heterocycles. The van der Waals surface area contributed by atoms with Crippen molar-refractivity contribution in [2.45, 2.75) is 58.7 Å². The second-order valence-corrected chi connectivity index (χ2v) is 7.94. The first kappa shape index (κ1) is 19.3. The van der Waals surface area contributed by atoms with E-state index in [4.69, 9.17) is 10.5 Å². The molecule has 2 aromatic rings. The number of aromatic amines is 1. The van der Waals surface area contributed by atoms with Crippen molar-refractivity contribution in [3.8, 4) is 5.75 Å². The van der Waals surface area contributed by atoms with Crippen LogP contribution in [0.15, 0.2) is 11.0 Å². The molecule has 0 aromatic carbocycles. The smallest absolute Gasteiger partial charge is 0.326 e. The van der Waals surface area contributed by atoms with Crippen LogP contribution >= 0.6 is 0 Å². The zero-order chi connectivity index (χ0) is 18.8. The molecular weight excluding hydrogens is 322 g/mol. The molecule has 140 valence electrons. The SMILES string of the molecule is CC(C)(O)Cn1c(=O)[nH]c2c(N)ncc(OCCCNC(C)(C)C)c21. The van der Waals surface area contributed by atoms with Gasteiger partial charge in [0.2, 0.25) is 0 Å². The summed E-state index contributed by atoms with van der Waals surface area (Å²) < 4.78 is 7.28. The lowest BCUT2D eigenvalue weighted by atomic mass is 10.1. The van der Waals surface area contributed by atoms with E-state index < -0.39 is 5.60 Å². The summed E-state index contributed by atoms with van der Waals surface area (Å²) in [6.45, 7) is 11.0. The van der Waals surface area contributed by atoms with E-state index in [1.807, 2.05) is 0 Å². The third kappa shape index (κ3) is 5.20. The maximum absolute atomic E-state index is 12.3. The molecule has 0 spiro atoms. The standard InChI is InChI=1S/C17H29N5O3/c1-16(2,3)20-7-6-8-25-11-9-19-14(18)12-13(11)22(15(23)21-12)10-17(4,5)24/h9,20,24H,6-8,10H2,1-5H3,(H2,18,19)(H,21,23). The van der Waals surface area contributed by atoms with Gasteiger partial charge in [0.25, 0.3) is 0 Å². The summed E-state index contributed by atoms with van der Waals surface area (Å²) in [5.41, 5.74) is 5.49. The Morgan fingerprint density at radius 2 is 2.04 bits per heavy atom. The third-order valence-electron chi connectivity index (χ3n) is 3.57. The number of H-pyrrole nitrogens is 1. The van der Waals surface area contributed by atoms with Crippen molar-refractivity contribution < 1.29 is 9.84 Å². The molecule has 0 amide bonds. The van der Waals surface area contributed by atoms with E-state index in [9.17, 15) is 9.90 Å². The zero-order valence-electron chi connectivity index (χ0n) is 15.6. The first-order chi connectivity index (χ1) is 11.5. The zero-order valence-corrected chi connectivity index (χ0v) is 15.6. The number of anilines is 1. The number of hydrogen-bond acceptors (Lipinski definition) is 6. The lowest BCUT2D eigenvalue weighted by molar-refractivity contribution is 0.0616. The van der Waals surface area contributed by atoms with Crippen molar-refractivity contribution in [1.29, 1.82) is 0 Å². The molecule has 5 N–H and O–H groups in total. The number of pyridine rings is 1. The highest BCUT2D eigenvalue weighted by Crippen LogP contribution is 2.27. The van der Waals surface area contributed by atoms with Gasteiger partial charge in [0, 0.05) is 5.54 Å². The minimum Gasteiger partial charge on any atom is -0.490 e. The van der Waals surface area contributed by atoms with Crippen LogP contribution in [0, 0.1) is 0 Å². The second-order valence-electron chi connectivity index (χ2n) is 7.94. The van der Waals surface area contributed by atoms with Crippen LogP contribution in [0.25, 0.3) is 11.0 Å². The predicted molar refractivity (Wildman–Crippen MR) is 98.9 cm³/mol. The number of nitrogens with two attached hydrogens (primary N) is 1. The topological polar surface area (TPSA) is 118 Å². The molecule has 8 nitrogen and oxygen atoms in total. The van der Waals surface area contributed by atoms with Crippen molar-refractivity contribution in [3.63, 3.8) is 0 Å². The van der Waals surface area contributed by atoms with E-state index in [2.05, 4.69) is 36.1 Å². The Kier molecular flexibility index (Phi) is 5.43. The van der Waals surface area contributed by atoms with Gasteiger partial charge in [-0.1, -0.05) is 0 Å². The van der Waals surface area contributed by atoms with E-state index in [1.165, 1.54) is 10.8 Å². The molecule has 0 unspecified atom stereocenters. The van der Waals surface area contributed by atoms with Gasteiger partial charge >= 0.3 is 5.69 Å². The van der Waals surface area contributed by atoms with E-state index in [1.54, 1.807) is 13.8 Å². The maximum atomic E-state index is 12.3. The Morgan fingerprint density at radius 1 is 1.36 bits per heavy atom. The number of fused-ring (bicyclic) bond motifs is 1. The highest BCUT2D eigenvalue weighted by Gasteiger charge is 2.21. The molecule has 0 radical (unpaired) electrons. The highest BCUT2D eigenvalue weighted by molar-refractivity contribution is 5.89. The van der Waals surface area contributed by atoms with Crippen LogP contribution in [0.2, 0.25) is 0 Å². The fraction of sp³-hybridized carbons (Fsp3) is 0.647. The minimum absolute atomic E-state index is 0.0594. The number of rotatable bonds is 7. The maximum Gasteiger partial charge on any atom is 0.326 e. The molecule has 2 heterocycles. The Balaban J connectivity index is 2.22. The molecular formula is C17H29N5O3. The van der Waals surface area contributed by atoms with Crippen LogP contribution < -0.4 is 21.5 Å². The molecule has 2 rings (SSSR count). The molecule has 0 aliphatic rings. The van der Waals surface area contributed by atoms with E-state index >= 15 is 0 Å². The second kappa shape index (κ2) is 7.05. The monoisotopic (exact) mass is 351 g/mol. The van der Waals surface area contributed by atoms with Crippen LogP contribution in [0.5, 0.6) is 5.75 Å². The number of ether oxygens (including phenoxy) is 1. The van der Waals surface area contributed by atoms with Gasteiger partial charge in [-0.15, -0.1) is 0 Å². The third-order valence-corrected chi connectivity index (χ3v) is 3.57. The predicted octanol–water partition coefficient (Wildman–Crippen LogP) is 1.23. The number of imidazole rings is 1. The van der Waals surface area contributed by atoms with Crippen molar-refractivity contribution in [1.82, 2.24) is 19.9 Å². The first-order valence-corrected chi connectivity index (χ1v) is 8.45. The number of hydrogen-bond donors (Lipinski definition) is 4. The number of nitrogens with one attached hydrogen (secondary N) is 2. The molecule has 2 aromatic heterocycles. The molecule has 0 bridgehead atoms. The van der Waals surface area contributed by atoms with Crippen LogP contribution in [0.1, 0.15) is 41.0 Å². The van der Waals surface area contributed by atoms with Crippen LogP contribution in [0.4, 0.5) is 5.82 Å². The van der Waals surface area contributed by atoms with Gasteiger partial charge in [-0.3, -0.25) is 4.57 Å². The van der Waals surface area contributed by atoms with Gasteiger partial charge in [-0.2, -0.15) is 0 Å². The van der Waals surface area contributed by atoms with Gasteiger partial charge < -0.3 is 25.9 Å². The van der Waals surface area contributed by atoms with Gasteiger partial charge in [-0.25, -0.2) is 9.78 Å². The quantitative estimate of drug-likeness (QED) is 0.557. The van der Waals surface area contributed by atoms with Crippen molar-refractivity contribution in [2.24, 2.45) is 0 Å². The molecule has 8 heteroatoms. The van der Waals surface area contributed by atoms with Crippen LogP contribution in [-0.4, -0.2) is 43.9 Å². The summed E-state index contributed by atoms with van der Waals surface area (Å²) in [4.78, 5) is 19.0. The molecule has 0 saturated heterocycles. The fourth-order valence-electron chi connectivity index (χ4n) is 2.53. The average Bonchev–Trinajstić information content (AvgIpc) is 2.76. The lowest BCUT2D eigenvalue weighted by Crippen LogP contribution is -2.36. The highest BCUT2D eigenvalue weighted by atomic mass is 16.5. The summed E-state index contributed by atoms with van der Waals surface area (Å²) in [5.74, 6) is 0.700. The molecule has 0 aliphatic carbocycles. The summed E-state index contributed by atoms with van der Waals surface area (Å²) in [7, 11) is 0. The number of nitrogen functional groups attached to an aromatic ring is 1. The number of nitrogens with zero attached hydrogens (tertiary/aromatic N) is 2. The Hall–Kier alpha value is -2.06. The first-order valence-electron chi connectivity index (χ1n) is 8.45. The molecule has 0 atom stereocenters. The summed E-state index contributed by atoms with van der Waals surface area (Å²) in [5, 5.41) is 13.5. The van der Waals surface area contributed by atoms with E-state index in [-0.39, 0.29) is 23.6 Å². The molecule has 25 heavy (non-hydrogen) atoms. The summed E-state index contributed by atoms with van der Waals surface area (Å²) in [6.07, 6.45) is 2.33. The normalized spacial score (nSPS) is 12.7. The summed E-state index contributed by atoms with van der Waals surface area (Å²) in [6, 6.07) is 0. The van der Waals surface area contributed by atoms with Crippen LogP contribution in [-0.2, 0) is 6.54 Å². The minimum atomic E-state index is -1.05. The van der Waals surface area contributed by atoms with Crippen molar-refractivity contribution in [2.75, 3.05) is 18.9 Å². The largest absolute Gasteiger partial charge is 0.490 e. The summed E-state index contributed by atoms with van der Waals surface area (Å²) >= 11 is 0. The average molecular weight is 351 g/mol.